The lowest BCUT2D eigenvalue weighted by atomic mass is 10.1. The zero-order chi connectivity index (χ0) is 12.6. The van der Waals surface area contributed by atoms with Crippen molar-refractivity contribution >= 4 is 10.2 Å². The number of rotatable bonds is 5. The van der Waals surface area contributed by atoms with Crippen LogP contribution < -0.4 is 0 Å². The van der Waals surface area contributed by atoms with Gasteiger partial charge in [-0.3, -0.25) is 4.57 Å². The van der Waals surface area contributed by atoms with Crippen molar-refractivity contribution in [3.63, 3.8) is 0 Å². The van der Waals surface area contributed by atoms with Gasteiger partial charge in [0.15, 0.2) is 0 Å². The largest absolute Gasteiger partial charge is 0.368 e. The maximum absolute atomic E-state index is 13.0. The fraction of sp³-hybridized carbons (Fsp3) is 0.800. The summed E-state index contributed by atoms with van der Waals surface area (Å²) in [7, 11) is -4.77. The van der Waals surface area contributed by atoms with E-state index in [0.717, 1.165) is 19.3 Å². The first-order valence-corrected chi connectivity index (χ1v) is 7.16. The van der Waals surface area contributed by atoms with Crippen LogP contribution in [0.4, 0.5) is 3.89 Å². The summed E-state index contributed by atoms with van der Waals surface area (Å²) in [6, 6.07) is 0.0627. The van der Waals surface area contributed by atoms with Gasteiger partial charge in [-0.15, -0.1) is 10.2 Å². The molecule has 0 aliphatic heterocycles. The highest BCUT2D eigenvalue weighted by Crippen LogP contribution is 2.38. The summed E-state index contributed by atoms with van der Waals surface area (Å²) in [5, 5.41) is 6.76. The Labute approximate surface area is 100 Å². The summed E-state index contributed by atoms with van der Waals surface area (Å²) >= 11 is 0. The van der Waals surface area contributed by atoms with Crippen LogP contribution in [0.25, 0.3) is 0 Å². The molecule has 1 fully saturated rings. The second-order valence-corrected chi connectivity index (χ2v) is 6.11. The highest BCUT2D eigenvalue weighted by Gasteiger charge is 2.34. The zero-order valence-corrected chi connectivity index (χ0v) is 10.7. The Bertz CT molecular complexity index is 506. The molecule has 2 rings (SSSR count). The van der Waals surface area contributed by atoms with E-state index in [0.29, 0.717) is 18.2 Å². The SMILES string of the molecule is CC(C)CCc1nnc(S(=O)(=O)F)n1C1CC1. The Balaban J connectivity index is 2.30. The van der Waals surface area contributed by atoms with Crippen molar-refractivity contribution in [3.8, 4) is 0 Å². The molecule has 0 bridgehead atoms. The van der Waals surface area contributed by atoms with Crippen LogP contribution in [-0.4, -0.2) is 23.2 Å². The normalized spacial score (nSPS) is 16.7. The first-order chi connectivity index (χ1) is 7.89. The van der Waals surface area contributed by atoms with Crippen molar-refractivity contribution in [2.75, 3.05) is 0 Å². The van der Waals surface area contributed by atoms with E-state index in [1.807, 2.05) is 0 Å². The third kappa shape index (κ3) is 2.83. The van der Waals surface area contributed by atoms with Gasteiger partial charge in [0.25, 0.3) is 5.16 Å². The van der Waals surface area contributed by atoms with Crippen LogP contribution in [0, 0.1) is 5.92 Å². The zero-order valence-electron chi connectivity index (χ0n) is 9.93. The highest BCUT2D eigenvalue weighted by atomic mass is 32.3. The molecule has 0 unspecified atom stereocenters. The molecule has 17 heavy (non-hydrogen) atoms. The van der Waals surface area contributed by atoms with E-state index >= 15 is 0 Å². The summed E-state index contributed by atoms with van der Waals surface area (Å²) in [4.78, 5) is 0. The molecule has 1 heterocycles. The molecule has 0 N–H and O–H groups in total. The van der Waals surface area contributed by atoms with Gasteiger partial charge in [0.05, 0.1) is 0 Å². The monoisotopic (exact) mass is 261 g/mol. The van der Waals surface area contributed by atoms with Gasteiger partial charge in [-0.05, 0) is 25.2 Å². The Morgan fingerprint density at radius 1 is 1.41 bits per heavy atom. The van der Waals surface area contributed by atoms with E-state index in [1.54, 1.807) is 0 Å². The summed E-state index contributed by atoms with van der Waals surface area (Å²) in [5.74, 6) is 1.07. The molecular weight excluding hydrogens is 245 g/mol. The molecular formula is C10H16FN3O2S. The van der Waals surface area contributed by atoms with Crippen molar-refractivity contribution in [1.82, 2.24) is 14.8 Å². The lowest BCUT2D eigenvalue weighted by Gasteiger charge is -2.07. The molecule has 0 saturated heterocycles. The molecule has 5 nitrogen and oxygen atoms in total. The second kappa shape index (κ2) is 4.36. The molecule has 1 aromatic heterocycles. The third-order valence-electron chi connectivity index (χ3n) is 2.81. The molecule has 1 saturated carbocycles. The van der Waals surface area contributed by atoms with Gasteiger partial charge in [0.1, 0.15) is 5.82 Å². The van der Waals surface area contributed by atoms with E-state index in [2.05, 4.69) is 24.0 Å². The van der Waals surface area contributed by atoms with Crippen LogP contribution in [-0.2, 0) is 16.6 Å². The number of hydrogen-bond acceptors (Lipinski definition) is 4. The fourth-order valence-corrected chi connectivity index (χ4v) is 2.39. The number of aryl methyl sites for hydroxylation is 1. The molecule has 0 atom stereocenters. The first-order valence-electron chi connectivity index (χ1n) is 5.78. The van der Waals surface area contributed by atoms with Crippen molar-refractivity contribution in [1.29, 1.82) is 0 Å². The van der Waals surface area contributed by atoms with Gasteiger partial charge in [-0.2, -0.15) is 8.42 Å². The van der Waals surface area contributed by atoms with Crippen molar-refractivity contribution < 1.29 is 12.3 Å². The van der Waals surface area contributed by atoms with Gasteiger partial charge in [0.2, 0.25) is 0 Å². The second-order valence-electron chi connectivity index (χ2n) is 4.87. The van der Waals surface area contributed by atoms with Gasteiger partial charge < -0.3 is 0 Å². The number of halogens is 1. The number of hydrogen-bond donors (Lipinski definition) is 0. The maximum Gasteiger partial charge on any atom is 0.368 e. The van der Waals surface area contributed by atoms with Crippen molar-refractivity contribution in [2.45, 2.75) is 50.7 Å². The molecule has 0 aromatic carbocycles. The van der Waals surface area contributed by atoms with Crippen LogP contribution >= 0.6 is 0 Å². The lowest BCUT2D eigenvalue weighted by Crippen LogP contribution is -2.09. The predicted octanol–water partition coefficient (Wildman–Crippen LogP) is 1.86. The minimum absolute atomic E-state index is 0.0627. The molecule has 1 aliphatic carbocycles. The van der Waals surface area contributed by atoms with Crippen LogP contribution in [0.15, 0.2) is 5.16 Å². The minimum Gasteiger partial charge on any atom is -0.296 e. The third-order valence-corrected chi connectivity index (χ3v) is 3.53. The molecule has 96 valence electrons. The molecule has 0 spiro atoms. The molecule has 0 amide bonds. The molecule has 0 radical (unpaired) electrons. The standard InChI is InChI=1S/C10H16FN3O2S/c1-7(2)3-6-9-12-13-10(17(11,15)16)14(9)8-4-5-8/h7-8H,3-6H2,1-2H3. The number of aromatic nitrogens is 3. The predicted molar refractivity (Wildman–Crippen MR) is 59.7 cm³/mol. The molecule has 7 heteroatoms. The quantitative estimate of drug-likeness (QED) is 0.759. The van der Waals surface area contributed by atoms with Crippen LogP contribution in [0.5, 0.6) is 0 Å². The van der Waals surface area contributed by atoms with Gasteiger partial charge >= 0.3 is 10.2 Å². The van der Waals surface area contributed by atoms with Crippen molar-refractivity contribution in [2.24, 2.45) is 5.92 Å². The Kier molecular flexibility index (Phi) is 3.20. The van der Waals surface area contributed by atoms with Gasteiger partial charge in [0, 0.05) is 12.5 Å². The minimum atomic E-state index is -4.77. The highest BCUT2D eigenvalue weighted by molar-refractivity contribution is 7.86. The van der Waals surface area contributed by atoms with E-state index in [-0.39, 0.29) is 6.04 Å². The van der Waals surface area contributed by atoms with Crippen LogP contribution in [0.1, 0.15) is 45.0 Å². The Morgan fingerprint density at radius 3 is 2.53 bits per heavy atom. The molecule has 1 aromatic rings. The Morgan fingerprint density at radius 2 is 2.06 bits per heavy atom. The van der Waals surface area contributed by atoms with E-state index in [4.69, 9.17) is 0 Å². The lowest BCUT2D eigenvalue weighted by molar-refractivity contribution is 0.511. The van der Waals surface area contributed by atoms with Crippen molar-refractivity contribution in [3.05, 3.63) is 5.82 Å². The van der Waals surface area contributed by atoms with E-state index in [9.17, 15) is 12.3 Å². The summed E-state index contributed by atoms with van der Waals surface area (Å²) in [6.45, 7) is 4.15. The van der Waals surface area contributed by atoms with E-state index in [1.165, 1.54) is 4.57 Å². The molecule has 1 aliphatic rings. The smallest absolute Gasteiger partial charge is 0.296 e. The first kappa shape index (κ1) is 12.5. The fourth-order valence-electron chi connectivity index (χ4n) is 1.76. The van der Waals surface area contributed by atoms with E-state index < -0.39 is 15.4 Å². The average Bonchev–Trinajstić information content (AvgIpc) is 2.93. The van der Waals surface area contributed by atoms with Crippen LogP contribution in [0.3, 0.4) is 0 Å². The topological polar surface area (TPSA) is 64.8 Å². The van der Waals surface area contributed by atoms with Gasteiger partial charge in [-0.25, -0.2) is 0 Å². The Hall–Kier alpha value is -0.980. The summed E-state index contributed by atoms with van der Waals surface area (Å²) < 4.78 is 36.4. The summed E-state index contributed by atoms with van der Waals surface area (Å²) in [6.07, 6.45) is 3.26. The summed E-state index contributed by atoms with van der Waals surface area (Å²) in [5.41, 5.74) is 0. The maximum atomic E-state index is 13.0. The van der Waals surface area contributed by atoms with Gasteiger partial charge in [-0.1, -0.05) is 17.7 Å². The number of nitrogens with zero attached hydrogens (tertiary/aromatic N) is 3. The van der Waals surface area contributed by atoms with Crippen LogP contribution in [0.2, 0.25) is 0 Å². The average molecular weight is 261 g/mol.